The largest absolute Gasteiger partial charge is 0.573 e. The molecule has 0 bridgehead atoms. The molecule has 6 nitrogen and oxygen atoms in total. The molecule has 0 radical (unpaired) electrons. The first-order valence-corrected chi connectivity index (χ1v) is 8.50. The minimum Gasteiger partial charge on any atom is -0.404 e. The molecule has 28 heavy (non-hydrogen) atoms. The van der Waals surface area contributed by atoms with Crippen LogP contribution in [0, 0.1) is 0 Å². The zero-order valence-electron chi connectivity index (χ0n) is 14.6. The first-order chi connectivity index (χ1) is 13.3. The summed E-state index contributed by atoms with van der Waals surface area (Å²) in [4.78, 5) is 24.5. The summed E-state index contributed by atoms with van der Waals surface area (Å²) in [5.41, 5.74) is 0.415. The van der Waals surface area contributed by atoms with Crippen molar-refractivity contribution in [2.45, 2.75) is 25.3 Å². The number of carbonyl (C=O) groups excluding carboxylic acids is 2. The maximum atomic E-state index is 12.5. The van der Waals surface area contributed by atoms with Crippen molar-refractivity contribution < 1.29 is 32.2 Å². The molecular weight excluding hydrogens is 377 g/mol. The van der Waals surface area contributed by atoms with Gasteiger partial charge in [-0.1, -0.05) is 18.2 Å². The van der Waals surface area contributed by atoms with Gasteiger partial charge in [-0.3, -0.25) is 9.59 Å². The van der Waals surface area contributed by atoms with Crippen molar-refractivity contribution in [1.82, 2.24) is 0 Å². The standard InChI is InChI=1S/C19H17F3N2O4/c20-19(21,22)28-15-8-2-1-7-14(15)24-17(25)12-5-3-6-13(11-12)23-18(26)16-9-4-10-27-16/h1-3,5-8,11,16H,4,9-10H2,(H,23,26)(H,24,25). The second-order valence-corrected chi connectivity index (χ2v) is 6.07. The molecule has 1 fully saturated rings. The Morgan fingerprint density at radius 3 is 2.57 bits per heavy atom. The lowest BCUT2D eigenvalue weighted by molar-refractivity contribution is -0.274. The Morgan fingerprint density at radius 1 is 1.07 bits per heavy atom. The van der Waals surface area contributed by atoms with Gasteiger partial charge in [0.25, 0.3) is 11.8 Å². The zero-order chi connectivity index (χ0) is 20.1. The van der Waals surface area contributed by atoms with Crippen LogP contribution in [0.15, 0.2) is 48.5 Å². The van der Waals surface area contributed by atoms with Crippen molar-refractivity contribution >= 4 is 23.2 Å². The smallest absolute Gasteiger partial charge is 0.404 e. The highest BCUT2D eigenvalue weighted by atomic mass is 19.4. The average molecular weight is 394 g/mol. The van der Waals surface area contributed by atoms with Gasteiger partial charge in [0.1, 0.15) is 6.10 Å². The quantitative estimate of drug-likeness (QED) is 0.805. The lowest BCUT2D eigenvalue weighted by atomic mass is 10.1. The van der Waals surface area contributed by atoms with E-state index in [1.165, 1.54) is 30.3 Å². The number of hydrogen-bond donors (Lipinski definition) is 2. The molecule has 1 aliphatic rings. The van der Waals surface area contributed by atoms with E-state index < -0.39 is 24.1 Å². The van der Waals surface area contributed by atoms with Crippen molar-refractivity contribution in [2.24, 2.45) is 0 Å². The Morgan fingerprint density at radius 2 is 1.86 bits per heavy atom. The molecule has 1 heterocycles. The first-order valence-electron chi connectivity index (χ1n) is 8.50. The molecule has 148 valence electrons. The molecule has 2 aromatic carbocycles. The molecule has 3 rings (SSSR count). The maximum Gasteiger partial charge on any atom is 0.573 e. The van der Waals surface area contributed by atoms with E-state index >= 15 is 0 Å². The van der Waals surface area contributed by atoms with Crippen LogP contribution in [0.3, 0.4) is 0 Å². The van der Waals surface area contributed by atoms with Crippen LogP contribution in [0.4, 0.5) is 24.5 Å². The van der Waals surface area contributed by atoms with Crippen LogP contribution in [-0.2, 0) is 9.53 Å². The van der Waals surface area contributed by atoms with Gasteiger partial charge in [-0.2, -0.15) is 0 Å². The predicted octanol–water partition coefficient (Wildman–Crippen LogP) is 3.96. The average Bonchev–Trinajstić information content (AvgIpc) is 3.17. The molecular formula is C19H17F3N2O4. The van der Waals surface area contributed by atoms with Crippen LogP contribution in [0.2, 0.25) is 0 Å². The summed E-state index contributed by atoms with van der Waals surface area (Å²) in [5.74, 6) is -1.48. The molecule has 1 atom stereocenters. The van der Waals surface area contributed by atoms with Crippen LogP contribution in [0.25, 0.3) is 0 Å². The van der Waals surface area contributed by atoms with Crippen molar-refractivity contribution in [3.05, 3.63) is 54.1 Å². The number of halogens is 3. The predicted molar refractivity (Wildman–Crippen MR) is 95.1 cm³/mol. The number of anilines is 2. The molecule has 2 amide bonds. The van der Waals surface area contributed by atoms with Gasteiger partial charge in [0.15, 0.2) is 5.75 Å². The zero-order valence-corrected chi connectivity index (χ0v) is 14.6. The van der Waals surface area contributed by atoms with Crippen LogP contribution in [0.5, 0.6) is 5.75 Å². The van der Waals surface area contributed by atoms with E-state index in [1.54, 1.807) is 12.1 Å². The summed E-state index contributed by atoms with van der Waals surface area (Å²) in [5, 5.41) is 5.05. The van der Waals surface area contributed by atoms with Gasteiger partial charge >= 0.3 is 6.36 Å². The molecule has 1 unspecified atom stereocenters. The molecule has 0 aromatic heterocycles. The molecule has 1 saturated heterocycles. The second kappa shape index (κ2) is 8.30. The lowest BCUT2D eigenvalue weighted by Crippen LogP contribution is -2.27. The van der Waals surface area contributed by atoms with Gasteiger partial charge in [0.05, 0.1) is 5.69 Å². The number of para-hydroxylation sites is 2. The van der Waals surface area contributed by atoms with E-state index in [0.717, 1.165) is 12.5 Å². The molecule has 2 aromatic rings. The summed E-state index contributed by atoms with van der Waals surface area (Å²) in [7, 11) is 0. The van der Waals surface area contributed by atoms with Crippen molar-refractivity contribution in [1.29, 1.82) is 0 Å². The van der Waals surface area contributed by atoms with Crippen LogP contribution in [0.1, 0.15) is 23.2 Å². The highest BCUT2D eigenvalue weighted by Crippen LogP contribution is 2.30. The lowest BCUT2D eigenvalue weighted by Gasteiger charge is -2.14. The number of amides is 2. The molecule has 0 aliphatic carbocycles. The Kier molecular flexibility index (Phi) is 5.84. The number of benzene rings is 2. The molecule has 1 aliphatic heterocycles. The van der Waals surface area contributed by atoms with Crippen molar-refractivity contribution in [3.63, 3.8) is 0 Å². The minimum absolute atomic E-state index is 0.126. The number of ether oxygens (including phenoxy) is 2. The van der Waals surface area contributed by atoms with E-state index in [4.69, 9.17) is 4.74 Å². The minimum atomic E-state index is -4.88. The molecule has 2 N–H and O–H groups in total. The SMILES string of the molecule is O=C(Nc1ccccc1OC(F)(F)F)c1cccc(NC(=O)C2CCCO2)c1. The van der Waals surface area contributed by atoms with Gasteiger partial charge in [-0.15, -0.1) is 13.2 Å². The topological polar surface area (TPSA) is 76.7 Å². The fraction of sp³-hybridized carbons (Fsp3) is 0.263. The number of rotatable bonds is 5. The third kappa shape index (κ3) is 5.23. The van der Waals surface area contributed by atoms with Gasteiger partial charge in [0.2, 0.25) is 0 Å². The second-order valence-electron chi connectivity index (χ2n) is 6.07. The van der Waals surface area contributed by atoms with Crippen LogP contribution >= 0.6 is 0 Å². The number of nitrogens with one attached hydrogen (secondary N) is 2. The third-order valence-corrected chi connectivity index (χ3v) is 3.98. The Balaban J connectivity index is 1.71. The van der Waals surface area contributed by atoms with Gasteiger partial charge in [-0.25, -0.2) is 0 Å². The van der Waals surface area contributed by atoms with E-state index in [-0.39, 0.29) is 17.2 Å². The number of carbonyl (C=O) groups is 2. The Hall–Kier alpha value is -3.07. The molecule has 0 spiro atoms. The van der Waals surface area contributed by atoms with E-state index in [0.29, 0.717) is 18.7 Å². The summed E-state index contributed by atoms with van der Waals surface area (Å²) >= 11 is 0. The number of alkyl halides is 3. The van der Waals surface area contributed by atoms with Gasteiger partial charge in [-0.05, 0) is 43.2 Å². The number of hydrogen-bond acceptors (Lipinski definition) is 4. The first kappa shape index (κ1) is 19.7. The van der Waals surface area contributed by atoms with Gasteiger partial charge in [0, 0.05) is 17.9 Å². The maximum absolute atomic E-state index is 12.5. The molecule has 9 heteroatoms. The van der Waals surface area contributed by atoms with Crippen LogP contribution < -0.4 is 15.4 Å². The van der Waals surface area contributed by atoms with E-state index in [9.17, 15) is 22.8 Å². The fourth-order valence-corrected chi connectivity index (χ4v) is 2.72. The monoisotopic (exact) mass is 394 g/mol. The van der Waals surface area contributed by atoms with Crippen molar-refractivity contribution in [2.75, 3.05) is 17.2 Å². The van der Waals surface area contributed by atoms with E-state index in [2.05, 4.69) is 15.4 Å². The summed E-state index contributed by atoms with van der Waals surface area (Å²) in [6, 6.07) is 11.3. The summed E-state index contributed by atoms with van der Waals surface area (Å²) in [6.07, 6.45) is -3.97. The fourth-order valence-electron chi connectivity index (χ4n) is 2.72. The highest BCUT2D eigenvalue weighted by Gasteiger charge is 2.32. The normalized spacial score (nSPS) is 16.5. The summed E-state index contributed by atoms with van der Waals surface area (Å²) in [6.45, 7) is 0.528. The Bertz CT molecular complexity index is 864. The van der Waals surface area contributed by atoms with Gasteiger partial charge < -0.3 is 20.1 Å². The molecule has 0 saturated carbocycles. The Labute approximate surface area is 158 Å². The third-order valence-electron chi connectivity index (χ3n) is 3.98. The highest BCUT2D eigenvalue weighted by molar-refractivity contribution is 6.06. The summed E-state index contributed by atoms with van der Waals surface area (Å²) < 4.78 is 46.7. The van der Waals surface area contributed by atoms with E-state index in [1.807, 2.05) is 0 Å². The van der Waals surface area contributed by atoms with Crippen LogP contribution in [-0.4, -0.2) is 30.9 Å². The van der Waals surface area contributed by atoms with Crippen molar-refractivity contribution in [3.8, 4) is 5.75 Å².